The molecule has 23 heavy (non-hydrogen) atoms. The van der Waals surface area contributed by atoms with Gasteiger partial charge in [0.2, 0.25) is 15.9 Å². The lowest BCUT2D eigenvalue weighted by Crippen LogP contribution is -2.45. The van der Waals surface area contributed by atoms with Crippen molar-refractivity contribution in [3.63, 3.8) is 0 Å². The number of sulfonamides is 1. The number of halogens is 1. The van der Waals surface area contributed by atoms with Crippen LogP contribution in [0.1, 0.15) is 19.8 Å². The van der Waals surface area contributed by atoms with Crippen LogP contribution < -0.4 is 15.4 Å². The summed E-state index contributed by atoms with van der Waals surface area (Å²) in [7, 11) is -3.74. The third kappa shape index (κ3) is 5.46. The average Bonchev–Trinajstić information content (AvgIpc) is 3.00. The molecule has 1 aliphatic rings. The molecule has 3 N–H and O–H groups in total. The van der Waals surface area contributed by atoms with Gasteiger partial charge in [-0.05, 0) is 63.0 Å². The van der Waals surface area contributed by atoms with Crippen LogP contribution in [-0.4, -0.2) is 40.0 Å². The molecule has 1 saturated heterocycles. The second-order valence-electron chi connectivity index (χ2n) is 5.74. The highest BCUT2D eigenvalue weighted by atomic mass is 35.5. The van der Waals surface area contributed by atoms with Crippen LogP contribution in [0.25, 0.3) is 0 Å². The summed E-state index contributed by atoms with van der Waals surface area (Å²) in [4.78, 5) is 12.1. The standard InChI is InChI=1S/C15H22ClN3O3S/c1-11(15(20)18-9-7-12-6-8-17-10-12)19-23(21,22)14-4-2-13(16)3-5-14/h2-5,11-12,17,19H,6-10H2,1H3,(H,18,20). The van der Waals surface area contributed by atoms with Crippen LogP contribution in [0.3, 0.4) is 0 Å². The fourth-order valence-corrected chi connectivity index (χ4v) is 3.81. The van der Waals surface area contributed by atoms with E-state index in [1.165, 1.54) is 31.2 Å². The van der Waals surface area contributed by atoms with Crippen molar-refractivity contribution in [2.75, 3.05) is 19.6 Å². The Morgan fingerprint density at radius 3 is 2.70 bits per heavy atom. The molecule has 1 aliphatic heterocycles. The lowest BCUT2D eigenvalue weighted by atomic mass is 10.1. The predicted octanol–water partition coefficient (Wildman–Crippen LogP) is 1.12. The van der Waals surface area contributed by atoms with Gasteiger partial charge in [-0.2, -0.15) is 4.72 Å². The number of carbonyl (C=O) groups is 1. The second-order valence-corrected chi connectivity index (χ2v) is 7.89. The van der Waals surface area contributed by atoms with Crippen LogP contribution in [0.2, 0.25) is 5.02 Å². The van der Waals surface area contributed by atoms with Gasteiger partial charge in [0.1, 0.15) is 0 Å². The average molecular weight is 360 g/mol. The first kappa shape index (κ1) is 18.2. The zero-order chi connectivity index (χ0) is 16.9. The molecule has 0 bridgehead atoms. The molecule has 0 aromatic heterocycles. The summed E-state index contributed by atoms with van der Waals surface area (Å²) in [5, 5.41) is 6.51. The Hall–Kier alpha value is -1.15. The second kappa shape index (κ2) is 8.10. The van der Waals surface area contributed by atoms with Crippen molar-refractivity contribution in [1.29, 1.82) is 0 Å². The molecule has 2 unspecified atom stereocenters. The Bertz CT molecular complexity index is 628. The summed E-state index contributed by atoms with van der Waals surface area (Å²) in [5.41, 5.74) is 0. The maximum atomic E-state index is 12.2. The van der Waals surface area contributed by atoms with Crippen LogP contribution in [-0.2, 0) is 14.8 Å². The Labute approximate surface area is 142 Å². The van der Waals surface area contributed by atoms with Crippen LogP contribution in [0.5, 0.6) is 0 Å². The zero-order valence-electron chi connectivity index (χ0n) is 13.0. The van der Waals surface area contributed by atoms with Crippen molar-refractivity contribution >= 4 is 27.5 Å². The largest absolute Gasteiger partial charge is 0.355 e. The van der Waals surface area contributed by atoms with E-state index in [9.17, 15) is 13.2 Å². The monoisotopic (exact) mass is 359 g/mol. The van der Waals surface area contributed by atoms with Gasteiger partial charge in [0.15, 0.2) is 0 Å². The minimum Gasteiger partial charge on any atom is -0.355 e. The first-order chi connectivity index (χ1) is 10.9. The van der Waals surface area contributed by atoms with Gasteiger partial charge >= 0.3 is 0 Å². The first-order valence-corrected chi connectivity index (χ1v) is 9.51. The molecule has 1 amide bonds. The molecule has 1 aromatic rings. The number of rotatable bonds is 7. The smallest absolute Gasteiger partial charge is 0.241 e. The Morgan fingerprint density at radius 1 is 1.39 bits per heavy atom. The van der Waals surface area contributed by atoms with Crippen LogP contribution in [0.4, 0.5) is 0 Å². The van der Waals surface area contributed by atoms with E-state index in [0.717, 1.165) is 25.9 Å². The molecule has 8 heteroatoms. The first-order valence-electron chi connectivity index (χ1n) is 7.65. The minimum absolute atomic E-state index is 0.0820. The summed E-state index contributed by atoms with van der Waals surface area (Å²) in [5.74, 6) is 0.254. The topological polar surface area (TPSA) is 87.3 Å². The SMILES string of the molecule is CC(NS(=O)(=O)c1ccc(Cl)cc1)C(=O)NCCC1CCNC1. The van der Waals surface area contributed by atoms with Gasteiger partial charge in [0.05, 0.1) is 10.9 Å². The van der Waals surface area contributed by atoms with E-state index in [2.05, 4.69) is 15.4 Å². The lowest BCUT2D eigenvalue weighted by Gasteiger charge is -2.15. The summed E-state index contributed by atoms with van der Waals surface area (Å²) in [6, 6.07) is 4.97. The highest BCUT2D eigenvalue weighted by molar-refractivity contribution is 7.89. The number of carbonyl (C=O) groups excluding carboxylic acids is 1. The van der Waals surface area contributed by atoms with Crippen LogP contribution >= 0.6 is 11.6 Å². The van der Waals surface area contributed by atoms with Gasteiger partial charge < -0.3 is 10.6 Å². The van der Waals surface area contributed by atoms with Crippen molar-refractivity contribution in [3.8, 4) is 0 Å². The van der Waals surface area contributed by atoms with Crippen LogP contribution in [0, 0.1) is 5.92 Å². The molecular formula is C15H22ClN3O3S. The van der Waals surface area contributed by atoms with Crippen molar-refractivity contribution in [1.82, 2.24) is 15.4 Å². The van der Waals surface area contributed by atoms with Crippen molar-refractivity contribution in [2.24, 2.45) is 5.92 Å². The number of hydrogen-bond acceptors (Lipinski definition) is 4. The zero-order valence-corrected chi connectivity index (χ0v) is 14.6. The lowest BCUT2D eigenvalue weighted by molar-refractivity contribution is -0.122. The van der Waals surface area contributed by atoms with Crippen molar-refractivity contribution < 1.29 is 13.2 Å². The van der Waals surface area contributed by atoms with E-state index in [1.807, 2.05) is 0 Å². The van der Waals surface area contributed by atoms with E-state index < -0.39 is 16.1 Å². The number of benzene rings is 1. The summed E-state index contributed by atoms with van der Waals surface area (Å²) >= 11 is 5.75. The predicted molar refractivity (Wildman–Crippen MR) is 89.8 cm³/mol. The normalized spacial score (nSPS) is 19.5. The van der Waals surface area contributed by atoms with Gasteiger partial charge in [-0.3, -0.25) is 4.79 Å². The van der Waals surface area contributed by atoms with Gasteiger partial charge in [-0.15, -0.1) is 0 Å². The molecular weight excluding hydrogens is 338 g/mol. The van der Waals surface area contributed by atoms with E-state index in [-0.39, 0.29) is 10.8 Å². The number of nitrogens with one attached hydrogen (secondary N) is 3. The molecule has 0 aliphatic carbocycles. The molecule has 1 aromatic carbocycles. The maximum absolute atomic E-state index is 12.2. The molecule has 2 rings (SSSR count). The van der Waals surface area contributed by atoms with E-state index in [4.69, 9.17) is 11.6 Å². The number of amides is 1. The van der Waals surface area contributed by atoms with Crippen molar-refractivity contribution in [2.45, 2.75) is 30.7 Å². The third-order valence-electron chi connectivity index (χ3n) is 3.86. The molecule has 6 nitrogen and oxygen atoms in total. The Morgan fingerprint density at radius 2 is 2.09 bits per heavy atom. The molecule has 2 atom stereocenters. The molecule has 0 saturated carbocycles. The quantitative estimate of drug-likeness (QED) is 0.681. The summed E-state index contributed by atoms with van der Waals surface area (Å²) < 4.78 is 26.8. The fourth-order valence-electron chi connectivity index (χ4n) is 2.48. The highest BCUT2D eigenvalue weighted by Gasteiger charge is 2.22. The summed E-state index contributed by atoms with van der Waals surface area (Å²) in [6.07, 6.45) is 2.02. The summed E-state index contributed by atoms with van der Waals surface area (Å²) in [6.45, 7) is 4.09. The molecule has 0 spiro atoms. The third-order valence-corrected chi connectivity index (χ3v) is 5.67. The van der Waals surface area contributed by atoms with E-state index in [1.54, 1.807) is 0 Å². The van der Waals surface area contributed by atoms with E-state index in [0.29, 0.717) is 17.5 Å². The van der Waals surface area contributed by atoms with E-state index >= 15 is 0 Å². The molecule has 1 heterocycles. The molecule has 1 fully saturated rings. The van der Waals surface area contributed by atoms with Crippen molar-refractivity contribution in [3.05, 3.63) is 29.3 Å². The van der Waals surface area contributed by atoms with Gasteiger partial charge in [0.25, 0.3) is 0 Å². The Balaban J connectivity index is 1.83. The number of hydrogen-bond donors (Lipinski definition) is 3. The Kier molecular flexibility index (Phi) is 6.41. The van der Waals surface area contributed by atoms with Crippen LogP contribution in [0.15, 0.2) is 29.2 Å². The minimum atomic E-state index is -3.74. The molecule has 128 valence electrons. The van der Waals surface area contributed by atoms with Gasteiger partial charge in [-0.1, -0.05) is 11.6 Å². The maximum Gasteiger partial charge on any atom is 0.241 e. The van der Waals surface area contributed by atoms with Gasteiger partial charge in [0, 0.05) is 11.6 Å². The molecule has 0 radical (unpaired) electrons. The fraction of sp³-hybridized carbons (Fsp3) is 0.533. The van der Waals surface area contributed by atoms with Gasteiger partial charge in [-0.25, -0.2) is 8.42 Å². The highest BCUT2D eigenvalue weighted by Crippen LogP contribution is 2.14.